The van der Waals surface area contributed by atoms with Crippen molar-refractivity contribution in [2.75, 3.05) is 13.2 Å². The van der Waals surface area contributed by atoms with Crippen LogP contribution in [-0.4, -0.2) is 30.3 Å². The number of nitrogens with one attached hydrogen (secondary N) is 1. The smallest absolute Gasteiger partial charge is 0.170 e. The van der Waals surface area contributed by atoms with Crippen LogP contribution in [0.4, 0.5) is 0 Å². The summed E-state index contributed by atoms with van der Waals surface area (Å²) in [6, 6.07) is 8.09. The Balaban J connectivity index is 1.92. The van der Waals surface area contributed by atoms with Gasteiger partial charge < -0.3 is 21.0 Å². The molecular weight excluding hydrogens is 230 g/mol. The van der Waals surface area contributed by atoms with E-state index in [0.717, 1.165) is 43.7 Å². The minimum absolute atomic E-state index is 0.137. The van der Waals surface area contributed by atoms with Crippen molar-refractivity contribution in [2.24, 2.45) is 10.9 Å². The summed E-state index contributed by atoms with van der Waals surface area (Å²) in [4.78, 5) is 0. The van der Waals surface area contributed by atoms with Crippen molar-refractivity contribution in [1.29, 1.82) is 0 Å². The second-order valence-electron chi connectivity index (χ2n) is 4.48. The lowest BCUT2D eigenvalue weighted by atomic mass is 10.1. The second-order valence-corrected chi connectivity index (χ2v) is 4.48. The number of hydrogen-bond donors (Lipinski definition) is 3. The molecular formula is C13H19N3O2. The van der Waals surface area contributed by atoms with Crippen molar-refractivity contribution in [1.82, 2.24) is 5.32 Å². The largest absolute Gasteiger partial charge is 0.409 e. The summed E-state index contributed by atoms with van der Waals surface area (Å²) in [6.07, 6.45) is 2.27. The van der Waals surface area contributed by atoms with Gasteiger partial charge in [-0.15, -0.1) is 0 Å². The van der Waals surface area contributed by atoms with Gasteiger partial charge in [-0.05, 0) is 24.5 Å². The minimum Gasteiger partial charge on any atom is -0.409 e. The Hall–Kier alpha value is -1.59. The standard InChI is InChI=1S/C13H19N3O2/c14-13(16-17)11-4-1-3-10(7-11)8-15-12-5-2-6-18-9-12/h1,3-4,7,12,15,17H,2,5-6,8-9H2,(H2,14,16). The highest BCUT2D eigenvalue weighted by atomic mass is 16.5. The lowest BCUT2D eigenvalue weighted by molar-refractivity contribution is 0.0699. The van der Waals surface area contributed by atoms with Gasteiger partial charge in [0.15, 0.2) is 5.84 Å². The van der Waals surface area contributed by atoms with Gasteiger partial charge in [0.1, 0.15) is 0 Å². The molecule has 1 aliphatic heterocycles. The van der Waals surface area contributed by atoms with Crippen LogP contribution in [0.5, 0.6) is 0 Å². The highest BCUT2D eigenvalue weighted by molar-refractivity contribution is 5.97. The molecule has 0 radical (unpaired) electrons. The van der Waals surface area contributed by atoms with Gasteiger partial charge in [0, 0.05) is 24.8 Å². The van der Waals surface area contributed by atoms with Gasteiger partial charge in [-0.2, -0.15) is 0 Å². The van der Waals surface area contributed by atoms with Gasteiger partial charge in [-0.1, -0.05) is 23.4 Å². The van der Waals surface area contributed by atoms with Crippen molar-refractivity contribution < 1.29 is 9.94 Å². The monoisotopic (exact) mass is 249 g/mol. The van der Waals surface area contributed by atoms with E-state index in [1.807, 2.05) is 24.3 Å². The maximum atomic E-state index is 8.64. The summed E-state index contributed by atoms with van der Waals surface area (Å²) in [7, 11) is 0. The van der Waals surface area contributed by atoms with Gasteiger partial charge in [-0.3, -0.25) is 0 Å². The van der Waals surface area contributed by atoms with Gasteiger partial charge in [0.25, 0.3) is 0 Å². The summed E-state index contributed by atoms with van der Waals surface area (Å²) >= 11 is 0. The Morgan fingerprint density at radius 1 is 1.56 bits per heavy atom. The Labute approximate surface area is 107 Å². The molecule has 18 heavy (non-hydrogen) atoms. The van der Waals surface area contributed by atoms with E-state index in [4.69, 9.17) is 15.7 Å². The number of hydrogen-bond acceptors (Lipinski definition) is 4. The van der Waals surface area contributed by atoms with Crippen LogP contribution in [0.15, 0.2) is 29.4 Å². The fourth-order valence-corrected chi connectivity index (χ4v) is 2.06. The first-order valence-electron chi connectivity index (χ1n) is 6.17. The summed E-state index contributed by atoms with van der Waals surface area (Å²) < 4.78 is 5.42. The molecule has 1 unspecified atom stereocenters. The fourth-order valence-electron chi connectivity index (χ4n) is 2.06. The first kappa shape index (κ1) is 12.9. The molecule has 0 aromatic heterocycles. The zero-order valence-corrected chi connectivity index (χ0v) is 10.3. The minimum atomic E-state index is 0.137. The highest BCUT2D eigenvalue weighted by Crippen LogP contribution is 2.09. The number of nitrogens with zero attached hydrogens (tertiary/aromatic N) is 1. The van der Waals surface area contributed by atoms with E-state index in [-0.39, 0.29) is 5.84 Å². The average Bonchev–Trinajstić information content (AvgIpc) is 2.45. The summed E-state index contributed by atoms with van der Waals surface area (Å²) in [5.41, 5.74) is 7.41. The molecule has 1 aliphatic rings. The van der Waals surface area contributed by atoms with Crippen LogP contribution < -0.4 is 11.1 Å². The average molecular weight is 249 g/mol. The topological polar surface area (TPSA) is 79.9 Å². The molecule has 0 aliphatic carbocycles. The molecule has 0 bridgehead atoms. The first-order valence-corrected chi connectivity index (χ1v) is 6.17. The summed E-state index contributed by atoms with van der Waals surface area (Å²) in [5.74, 6) is 0.137. The number of benzene rings is 1. The molecule has 0 spiro atoms. The third kappa shape index (κ3) is 3.45. The molecule has 1 atom stereocenters. The van der Waals surface area contributed by atoms with Crippen LogP contribution in [0.3, 0.4) is 0 Å². The number of ether oxygens (including phenoxy) is 1. The summed E-state index contributed by atoms with van der Waals surface area (Å²) in [6.45, 7) is 2.41. The number of amidine groups is 1. The van der Waals surface area contributed by atoms with Crippen molar-refractivity contribution in [2.45, 2.75) is 25.4 Å². The molecule has 5 heteroatoms. The number of oxime groups is 1. The van der Waals surface area contributed by atoms with Gasteiger partial charge in [0.05, 0.1) is 6.61 Å². The fraction of sp³-hybridized carbons (Fsp3) is 0.462. The highest BCUT2D eigenvalue weighted by Gasteiger charge is 2.12. The third-order valence-electron chi connectivity index (χ3n) is 3.09. The molecule has 1 aromatic rings. The van der Waals surface area contributed by atoms with E-state index in [2.05, 4.69) is 10.5 Å². The molecule has 2 rings (SSSR count). The third-order valence-corrected chi connectivity index (χ3v) is 3.09. The predicted octanol–water partition coefficient (Wildman–Crippen LogP) is 1.05. The van der Waals surface area contributed by atoms with Crippen LogP contribution in [0, 0.1) is 0 Å². The molecule has 4 N–H and O–H groups in total. The normalized spacial score (nSPS) is 20.9. The zero-order chi connectivity index (χ0) is 12.8. The lowest BCUT2D eigenvalue weighted by Crippen LogP contribution is -2.36. The molecule has 1 fully saturated rings. The molecule has 98 valence electrons. The van der Waals surface area contributed by atoms with Gasteiger partial charge >= 0.3 is 0 Å². The van der Waals surface area contributed by atoms with Crippen LogP contribution in [-0.2, 0) is 11.3 Å². The van der Waals surface area contributed by atoms with E-state index in [1.165, 1.54) is 0 Å². The molecule has 5 nitrogen and oxygen atoms in total. The van der Waals surface area contributed by atoms with Crippen molar-refractivity contribution >= 4 is 5.84 Å². The van der Waals surface area contributed by atoms with Crippen molar-refractivity contribution in [3.63, 3.8) is 0 Å². The Morgan fingerprint density at radius 2 is 2.44 bits per heavy atom. The maximum Gasteiger partial charge on any atom is 0.170 e. The van der Waals surface area contributed by atoms with E-state index in [1.54, 1.807) is 0 Å². The predicted molar refractivity (Wildman–Crippen MR) is 69.6 cm³/mol. The van der Waals surface area contributed by atoms with Crippen LogP contribution in [0.1, 0.15) is 24.0 Å². The van der Waals surface area contributed by atoms with Crippen LogP contribution in [0.2, 0.25) is 0 Å². The summed E-state index contributed by atoms with van der Waals surface area (Å²) in [5, 5.41) is 15.1. The second kappa shape index (κ2) is 6.37. The van der Waals surface area contributed by atoms with Crippen LogP contribution >= 0.6 is 0 Å². The molecule has 0 saturated carbocycles. The molecule has 1 aromatic carbocycles. The molecule has 0 amide bonds. The molecule has 1 saturated heterocycles. The van der Waals surface area contributed by atoms with Crippen LogP contribution in [0.25, 0.3) is 0 Å². The van der Waals surface area contributed by atoms with E-state index >= 15 is 0 Å². The SMILES string of the molecule is N/C(=N\O)c1cccc(CNC2CCCOC2)c1. The van der Waals surface area contributed by atoms with Gasteiger partial charge in [0.2, 0.25) is 0 Å². The molecule has 1 heterocycles. The van der Waals surface area contributed by atoms with E-state index in [0.29, 0.717) is 6.04 Å². The quantitative estimate of drug-likeness (QED) is 0.322. The van der Waals surface area contributed by atoms with E-state index in [9.17, 15) is 0 Å². The Bertz CT molecular complexity index is 414. The first-order chi connectivity index (χ1) is 8.79. The van der Waals surface area contributed by atoms with Gasteiger partial charge in [-0.25, -0.2) is 0 Å². The lowest BCUT2D eigenvalue weighted by Gasteiger charge is -2.23. The maximum absolute atomic E-state index is 8.64. The van der Waals surface area contributed by atoms with E-state index < -0.39 is 0 Å². The Morgan fingerprint density at radius 3 is 3.17 bits per heavy atom. The van der Waals surface area contributed by atoms with Crippen molar-refractivity contribution in [3.05, 3.63) is 35.4 Å². The Kier molecular flexibility index (Phi) is 4.55. The number of nitrogens with two attached hydrogens (primary N) is 1. The van der Waals surface area contributed by atoms with Crippen molar-refractivity contribution in [3.8, 4) is 0 Å². The number of rotatable bonds is 4. The zero-order valence-electron chi connectivity index (χ0n) is 10.3.